The van der Waals surface area contributed by atoms with E-state index in [1.165, 1.54) is 6.21 Å². The molecular weight excluding hydrogens is 235 g/mol. The number of nitrogens with zero attached hydrogens (tertiary/aromatic N) is 1. The fourth-order valence-corrected chi connectivity index (χ4v) is 2.13. The van der Waals surface area contributed by atoms with Gasteiger partial charge in [0.2, 0.25) is 0 Å². The maximum atomic E-state index is 11.0. The lowest BCUT2D eigenvalue weighted by atomic mass is 9.90. The molecule has 1 amide bonds. The Bertz CT molecular complexity index is 435. The van der Waals surface area contributed by atoms with E-state index in [-0.39, 0.29) is 17.5 Å². The van der Waals surface area contributed by atoms with Crippen LogP contribution in [-0.4, -0.2) is 18.2 Å². The Morgan fingerprint density at radius 1 is 1.47 bits per heavy atom. The molecule has 5 heteroatoms. The Balaban J connectivity index is 2.42. The highest BCUT2D eigenvalue weighted by molar-refractivity contribution is 6.36. The molecule has 1 aliphatic carbocycles. The van der Waals surface area contributed by atoms with E-state index < -0.39 is 5.91 Å². The molecule has 2 aliphatic rings. The van der Waals surface area contributed by atoms with Gasteiger partial charge in [0.15, 0.2) is 0 Å². The highest BCUT2D eigenvalue weighted by atomic mass is 35.5. The molecule has 0 radical (unpaired) electrons. The number of halogens is 2. The Labute approximate surface area is 96.9 Å². The molecule has 1 heterocycles. The van der Waals surface area contributed by atoms with Crippen LogP contribution in [0.2, 0.25) is 0 Å². The van der Waals surface area contributed by atoms with Gasteiger partial charge in [0.25, 0.3) is 5.91 Å². The van der Waals surface area contributed by atoms with Gasteiger partial charge in [-0.15, -0.1) is 0 Å². The molecule has 2 rings (SSSR count). The van der Waals surface area contributed by atoms with Crippen molar-refractivity contribution in [2.24, 2.45) is 16.6 Å². The third-order valence-electron chi connectivity index (χ3n) is 2.35. The second-order valence-electron chi connectivity index (χ2n) is 3.33. The van der Waals surface area contributed by atoms with Gasteiger partial charge in [-0.3, -0.25) is 9.79 Å². The third kappa shape index (κ3) is 1.85. The van der Waals surface area contributed by atoms with Gasteiger partial charge in [-0.2, -0.15) is 0 Å². The Morgan fingerprint density at radius 2 is 2.20 bits per heavy atom. The zero-order valence-corrected chi connectivity index (χ0v) is 9.16. The van der Waals surface area contributed by atoms with Crippen molar-refractivity contribution in [1.82, 2.24) is 0 Å². The number of rotatable bonds is 1. The number of dihydropyridines is 1. The molecule has 1 aliphatic heterocycles. The number of fused-ring (bicyclic) bond motifs is 1. The van der Waals surface area contributed by atoms with Gasteiger partial charge in [-0.05, 0) is 6.08 Å². The molecule has 78 valence electrons. The molecule has 0 aromatic carbocycles. The first-order chi connectivity index (χ1) is 7.09. The summed E-state index contributed by atoms with van der Waals surface area (Å²) in [7, 11) is 0. The number of primary amides is 1. The lowest BCUT2D eigenvalue weighted by molar-refractivity contribution is -0.114. The van der Waals surface area contributed by atoms with E-state index in [1.54, 1.807) is 12.2 Å². The van der Waals surface area contributed by atoms with E-state index in [1.807, 2.05) is 6.08 Å². The first-order valence-electron chi connectivity index (χ1n) is 4.38. The number of aliphatic imine (C=N–C) groups is 1. The minimum Gasteiger partial charge on any atom is -0.366 e. The normalized spacial score (nSPS) is 28.8. The minimum absolute atomic E-state index is 0.0805. The SMILES string of the molecule is NC(=O)C1=C(Cl)[C@@H]2C=C(Cl)C=C[C@@H]2N=C1. The molecule has 2 N–H and O–H groups in total. The number of carbonyl (C=O) groups excluding carboxylic acids is 1. The summed E-state index contributed by atoms with van der Waals surface area (Å²) >= 11 is 11.9. The predicted octanol–water partition coefficient (Wildman–Crippen LogP) is 1.73. The highest BCUT2D eigenvalue weighted by Crippen LogP contribution is 2.34. The van der Waals surface area contributed by atoms with Gasteiger partial charge in [-0.25, -0.2) is 0 Å². The minimum atomic E-state index is -0.568. The van der Waals surface area contributed by atoms with Crippen molar-refractivity contribution in [2.45, 2.75) is 6.04 Å². The molecular formula is C10H8Cl2N2O. The number of hydrogen-bond acceptors (Lipinski definition) is 2. The lowest BCUT2D eigenvalue weighted by Gasteiger charge is -2.25. The molecule has 2 atom stereocenters. The molecule has 0 aromatic rings. The average Bonchev–Trinajstić information content (AvgIpc) is 2.19. The van der Waals surface area contributed by atoms with Crippen LogP contribution in [-0.2, 0) is 4.79 Å². The predicted molar refractivity (Wildman–Crippen MR) is 60.9 cm³/mol. The van der Waals surface area contributed by atoms with Crippen LogP contribution in [0.25, 0.3) is 0 Å². The summed E-state index contributed by atoms with van der Waals surface area (Å²) in [6.07, 6.45) is 6.81. The van der Waals surface area contributed by atoms with E-state index in [2.05, 4.69) is 4.99 Å². The van der Waals surface area contributed by atoms with Gasteiger partial charge in [0.05, 0.1) is 11.6 Å². The largest absolute Gasteiger partial charge is 0.366 e. The zero-order chi connectivity index (χ0) is 11.0. The van der Waals surface area contributed by atoms with Crippen molar-refractivity contribution < 1.29 is 4.79 Å². The van der Waals surface area contributed by atoms with Gasteiger partial charge in [0.1, 0.15) is 0 Å². The average molecular weight is 243 g/mol. The molecule has 3 nitrogen and oxygen atoms in total. The second kappa shape index (κ2) is 3.83. The fraction of sp³-hybridized carbons (Fsp3) is 0.200. The summed E-state index contributed by atoms with van der Waals surface area (Å²) in [6.45, 7) is 0. The van der Waals surface area contributed by atoms with Crippen LogP contribution in [0.15, 0.2) is 38.9 Å². The molecule has 0 aromatic heterocycles. The van der Waals surface area contributed by atoms with Crippen molar-refractivity contribution in [2.75, 3.05) is 0 Å². The van der Waals surface area contributed by atoms with Crippen LogP contribution in [0.5, 0.6) is 0 Å². The lowest BCUT2D eigenvalue weighted by Crippen LogP contribution is -2.27. The van der Waals surface area contributed by atoms with Crippen molar-refractivity contribution in [1.29, 1.82) is 0 Å². The van der Waals surface area contributed by atoms with Gasteiger partial charge >= 0.3 is 0 Å². The van der Waals surface area contributed by atoms with Crippen molar-refractivity contribution in [3.63, 3.8) is 0 Å². The van der Waals surface area contributed by atoms with Crippen LogP contribution in [0.1, 0.15) is 0 Å². The topological polar surface area (TPSA) is 55.5 Å². The monoisotopic (exact) mass is 242 g/mol. The maximum absolute atomic E-state index is 11.0. The van der Waals surface area contributed by atoms with Crippen LogP contribution >= 0.6 is 23.2 Å². The number of amides is 1. The summed E-state index contributed by atoms with van der Waals surface area (Å²) in [5.74, 6) is -0.738. The summed E-state index contributed by atoms with van der Waals surface area (Å²) in [6, 6.07) is -0.0805. The van der Waals surface area contributed by atoms with Crippen molar-refractivity contribution >= 4 is 35.3 Å². The van der Waals surface area contributed by atoms with Crippen LogP contribution in [0, 0.1) is 5.92 Å². The van der Waals surface area contributed by atoms with Crippen molar-refractivity contribution in [3.8, 4) is 0 Å². The number of hydrogen-bond donors (Lipinski definition) is 1. The Kier molecular flexibility index (Phi) is 2.67. The van der Waals surface area contributed by atoms with Crippen LogP contribution < -0.4 is 5.73 Å². The number of allylic oxidation sites excluding steroid dienone is 2. The number of carbonyl (C=O) groups is 1. The maximum Gasteiger partial charge on any atom is 0.251 e. The summed E-state index contributed by atoms with van der Waals surface area (Å²) < 4.78 is 0. The summed E-state index contributed by atoms with van der Waals surface area (Å²) in [5.41, 5.74) is 5.43. The van der Waals surface area contributed by atoms with E-state index in [4.69, 9.17) is 28.9 Å². The summed E-state index contributed by atoms with van der Waals surface area (Å²) in [4.78, 5) is 15.2. The standard InChI is InChI=1S/C10H8Cl2N2O/c11-5-1-2-8-6(3-5)9(12)7(4-14-8)10(13)15/h1-4,6,8H,(H2,13,15)/t6-,8+/m1/s1. The first-order valence-corrected chi connectivity index (χ1v) is 5.13. The van der Waals surface area contributed by atoms with E-state index in [0.29, 0.717) is 10.1 Å². The van der Waals surface area contributed by atoms with E-state index in [9.17, 15) is 4.79 Å². The Hall–Kier alpha value is -1.06. The summed E-state index contributed by atoms with van der Waals surface area (Å²) in [5, 5.41) is 1.00. The number of nitrogens with two attached hydrogens (primary N) is 1. The molecule has 0 saturated carbocycles. The molecule has 15 heavy (non-hydrogen) atoms. The molecule has 0 unspecified atom stereocenters. The fourth-order valence-electron chi connectivity index (χ4n) is 1.58. The smallest absolute Gasteiger partial charge is 0.251 e. The molecule has 0 fully saturated rings. The van der Waals surface area contributed by atoms with Gasteiger partial charge < -0.3 is 5.73 Å². The molecule has 0 saturated heterocycles. The second-order valence-corrected chi connectivity index (χ2v) is 4.17. The molecule has 0 spiro atoms. The van der Waals surface area contributed by atoms with E-state index >= 15 is 0 Å². The first kappa shape index (κ1) is 10.5. The van der Waals surface area contributed by atoms with Gasteiger partial charge in [0, 0.05) is 22.2 Å². The van der Waals surface area contributed by atoms with Gasteiger partial charge in [-0.1, -0.05) is 35.4 Å². The zero-order valence-electron chi connectivity index (χ0n) is 7.65. The molecule has 0 bridgehead atoms. The van der Waals surface area contributed by atoms with Crippen LogP contribution in [0.4, 0.5) is 0 Å². The quantitative estimate of drug-likeness (QED) is 0.749. The Morgan fingerprint density at radius 3 is 2.87 bits per heavy atom. The highest BCUT2D eigenvalue weighted by Gasteiger charge is 2.29. The van der Waals surface area contributed by atoms with Crippen LogP contribution in [0.3, 0.4) is 0 Å². The van der Waals surface area contributed by atoms with E-state index in [0.717, 1.165) is 0 Å². The third-order valence-corrected chi connectivity index (χ3v) is 3.06. The van der Waals surface area contributed by atoms with Crippen molar-refractivity contribution in [3.05, 3.63) is 33.9 Å².